The number of aromatic nitrogens is 2. The van der Waals surface area contributed by atoms with Crippen molar-refractivity contribution in [2.75, 3.05) is 44.8 Å². The van der Waals surface area contributed by atoms with Gasteiger partial charge in [-0.2, -0.15) is 0 Å². The molecule has 0 saturated carbocycles. The van der Waals surface area contributed by atoms with E-state index in [4.69, 9.17) is 21.7 Å². The lowest BCUT2D eigenvalue weighted by atomic mass is 10.2. The average Bonchev–Trinajstić information content (AvgIpc) is 3.06. The third kappa shape index (κ3) is 5.94. The lowest BCUT2D eigenvalue weighted by Crippen LogP contribution is -2.29. The maximum Gasteiger partial charge on any atom is 0.267 e. The number of thioether (sulfide) groups is 1. The second-order valence-corrected chi connectivity index (χ2v) is 8.64. The molecule has 0 aromatic carbocycles. The summed E-state index contributed by atoms with van der Waals surface area (Å²) in [7, 11) is 0. The van der Waals surface area contributed by atoms with Crippen molar-refractivity contribution in [2.24, 2.45) is 0 Å². The Morgan fingerprint density at radius 2 is 1.91 bits per heavy atom. The van der Waals surface area contributed by atoms with E-state index in [0.717, 1.165) is 6.42 Å². The maximum atomic E-state index is 13.2. The van der Waals surface area contributed by atoms with E-state index in [1.165, 1.54) is 16.2 Å². The van der Waals surface area contributed by atoms with Gasteiger partial charge in [0.25, 0.3) is 11.5 Å². The number of nitrogens with one attached hydrogen (secondary N) is 1. The van der Waals surface area contributed by atoms with Gasteiger partial charge in [0.15, 0.2) is 0 Å². The number of anilines is 1. The van der Waals surface area contributed by atoms with Gasteiger partial charge in [0.2, 0.25) is 0 Å². The number of pyridine rings is 1. The van der Waals surface area contributed by atoms with Crippen LogP contribution in [0.1, 0.15) is 32.3 Å². The number of hydrogen-bond donors (Lipinski definition) is 1. The highest BCUT2D eigenvalue weighted by molar-refractivity contribution is 8.26. The smallest absolute Gasteiger partial charge is 0.267 e. The Morgan fingerprint density at radius 3 is 2.66 bits per heavy atom. The molecule has 1 fully saturated rings. The minimum Gasteiger partial charge on any atom is -0.382 e. The van der Waals surface area contributed by atoms with Crippen molar-refractivity contribution in [3.05, 3.63) is 45.2 Å². The fourth-order valence-electron chi connectivity index (χ4n) is 3.19. The van der Waals surface area contributed by atoms with Crippen molar-refractivity contribution in [1.29, 1.82) is 0 Å². The minimum atomic E-state index is -0.246. The van der Waals surface area contributed by atoms with Crippen LogP contribution in [0.25, 0.3) is 11.7 Å². The maximum absolute atomic E-state index is 13.2. The number of nitrogens with zero attached hydrogens (tertiary/aromatic N) is 3. The second-order valence-electron chi connectivity index (χ2n) is 6.97. The molecule has 3 rings (SSSR count). The highest BCUT2D eigenvalue weighted by Gasteiger charge is 2.32. The number of carbonyl (C=O) groups is 1. The van der Waals surface area contributed by atoms with E-state index >= 15 is 0 Å². The molecule has 10 heteroatoms. The molecule has 1 aliphatic rings. The Bertz CT molecular complexity index is 1050. The number of carbonyl (C=O) groups excluding carboxylic acids is 1. The van der Waals surface area contributed by atoms with E-state index in [1.807, 2.05) is 19.9 Å². The quantitative estimate of drug-likeness (QED) is 0.284. The van der Waals surface area contributed by atoms with Gasteiger partial charge in [0.1, 0.15) is 15.8 Å². The first-order chi connectivity index (χ1) is 15.6. The monoisotopic (exact) mass is 476 g/mol. The summed E-state index contributed by atoms with van der Waals surface area (Å²) in [5, 5.41) is 3.23. The third-order valence-electron chi connectivity index (χ3n) is 4.75. The largest absolute Gasteiger partial charge is 0.382 e. The predicted molar refractivity (Wildman–Crippen MR) is 132 cm³/mol. The van der Waals surface area contributed by atoms with E-state index in [-0.39, 0.29) is 11.5 Å². The molecular weight excluding hydrogens is 448 g/mol. The molecule has 0 spiro atoms. The number of thiocarbonyl (C=S) groups is 1. The summed E-state index contributed by atoms with van der Waals surface area (Å²) < 4.78 is 12.7. The van der Waals surface area contributed by atoms with Crippen LogP contribution in [0, 0.1) is 0 Å². The molecule has 1 amide bonds. The fourth-order valence-corrected chi connectivity index (χ4v) is 4.48. The van der Waals surface area contributed by atoms with Crippen molar-refractivity contribution >= 4 is 51.7 Å². The van der Waals surface area contributed by atoms with E-state index in [1.54, 1.807) is 29.3 Å². The number of ether oxygens (including phenoxy) is 2. The first-order valence-corrected chi connectivity index (χ1v) is 11.9. The summed E-state index contributed by atoms with van der Waals surface area (Å²) in [5.74, 6) is 0.246. The van der Waals surface area contributed by atoms with Gasteiger partial charge in [-0.1, -0.05) is 30.0 Å². The molecule has 0 radical (unpaired) electrons. The summed E-state index contributed by atoms with van der Waals surface area (Å²) >= 11 is 6.60. The molecule has 0 unspecified atom stereocenters. The molecule has 3 heterocycles. The van der Waals surface area contributed by atoms with Gasteiger partial charge in [-0.3, -0.25) is 18.9 Å². The molecule has 1 saturated heterocycles. The predicted octanol–water partition coefficient (Wildman–Crippen LogP) is 3.16. The highest BCUT2D eigenvalue weighted by Crippen LogP contribution is 2.33. The highest BCUT2D eigenvalue weighted by atomic mass is 32.2. The van der Waals surface area contributed by atoms with Gasteiger partial charge in [-0.05, 0) is 44.9 Å². The van der Waals surface area contributed by atoms with Gasteiger partial charge in [0, 0.05) is 45.7 Å². The van der Waals surface area contributed by atoms with Crippen LogP contribution in [0.3, 0.4) is 0 Å². The van der Waals surface area contributed by atoms with Crippen LogP contribution in [0.2, 0.25) is 0 Å². The van der Waals surface area contributed by atoms with Crippen molar-refractivity contribution in [1.82, 2.24) is 14.3 Å². The normalized spacial score (nSPS) is 15.3. The van der Waals surface area contributed by atoms with Gasteiger partial charge >= 0.3 is 0 Å². The van der Waals surface area contributed by atoms with Crippen molar-refractivity contribution in [3.63, 3.8) is 0 Å². The minimum absolute atomic E-state index is 0.198. The zero-order valence-electron chi connectivity index (χ0n) is 18.3. The second kappa shape index (κ2) is 12.1. The summed E-state index contributed by atoms with van der Waals surface area (Å²) in [6.45, 7) is 7.44. The topological polar surface area (TPSA) is 85.2 Å². The number of rotatable bonds is 12. The average molecular weight is 477 g/mol. The van der Waals surface area contributed by atoms with Gasteiger partial charge in [-0.25, -0.2) is 4.98 Å². The number of hydrogen-bond acceptors (Lipinski definition) is 8. The zero-order valence-corrected chi connectivity index (χ0v) is 20.0. The van der Waals surface area contributed by atoms with Crippen LogP contribution in [0.15, 0.2) is 34.1 Å². The van der Waals surface area contributed by atoms with Crippen molar-refractivity contribution in [2.45, 2.75) is 26.7 Å². The summed E-state index contributed by atoms with van der Waals surface area (Å²) in [6, 6.07) is 5.37. The molecule has 0 atom stereocenters. The zero-order chi connectivity index (χ0) is 22.9. The molecule has 2 aromatic rings. The van der Waals surface area contributed by atoms with E-state index < -0.39 is 0 Å². The molecular formula is C22H28N4O4S2. The Balaban J connectivity index is 1.87. The van der Waals surface area contributed by atoms with Gasteiger partial charge < -0.3 is 14.8 Å². The van der Waals surface area contributed by atoms with Crippen LogP contribution in [0.5, 0.6) is 0 Å². The summed E-state index contributed by atoms with van der Waals surface area (Å²) in [6.07, 6.45) is 4.73. The van der Waals surface area contributed by atoms with Gasteiger partial charge in [-0.15, -0.1) is 0 Å². The number of amides is 1. The van der Waals surface area contributed by atoms with E-state index in [2.05, 4.69) is 10.3 Å². The van der Waals surface area contributed by atoms with E-state index in [0.29, 0.717) is 72.2 Å². The van der Waals surface area contributed by atoms with E-state index in [9.17, 15) is 9.59 Å². The van der Waals surface area contributed by atoms with Crippen LogP contribution in [-0.4, -0.2) is 64.0 Å². The Morgan fingerprint density at radius 1 is 1.16 bits per heavy atom. The Hall–Kier alpha value is -2.27. The first kappa shape index (κ1) is 24.4. The molecule has 0 aliphatic carbocycles. The summed E-state index contributed by atoms with van der Waals surface area (Å²) in [5.41, 5.74) is 0.620. The standard InChI is InChI=1S/C22H28N4O4S2/c1-3-29-13-7-10-23-19-16(20(27)25-11-6-5-9-18(25)24-19)15-17-21(28)26(22(31)32-17)12-8-14-30-4-2/h5-6,9,11,15,23H,3-4,7-8,10,12-14H2,1-2H3. The van der Waals surface area contributed by atoms with Crippen LogP contribution in [0.4, 0.5) is 5.82 Å². The summed E-state index contributed by atoms with van der Waals surface area (Å²) in [4.78, 5) is 32.7. The molecule has 0 bridgehead atoms. The molecule has 8 nitrogen and oxygen atoms in total. The fraction of sp³-hybridized carbons (Fsp3) is 0.455. The van der Waals surface area contributed by atoms with Crippen molar-refractivity contribution < 1.29 is 14.3 Å². The number of fused-ring (bicyclic) bond motifs is 1. The van der Waals surface area contributed by atoms with Gasteiger partial charge in [0.05, 0.1) is 10.5 Å². The molecule has 32 heavy (non-hydrogen) atoms. The SMILES string of the molecule is CCOCCCNc1nc2ccccn2c(=O)c1C=C1SC(=S)N(CCCOCC)C1=O. The Labute approximate surface area is 197 Å². The Kier molecular flexibility index (Phi) is 9.22. The molecule has 2 aromatic heterocycles. The van der Waals surface area contributed by atoms with Crippen LogP contribution >= 0.6 is 24.0 Å². The lowest BCUT2D eigenvalue weighted by molar-refractivity contribution is -0.122. The van der Waals surface area contributed by atoms with Crippen LogP contribution < -0.4 is 10.9 Å². The van der Waals surface area contributed by atoms with Crippen molar-refractivity contribution in [3.8, 4) is 0 Å². The third-order valence-corrected chi connectivity index (χ3v) is 6.13. The lowest BCUT2D eigenvalue weighted by Gasteiger charge is -2.14. The first-order valence-electron chi connectivity index (χ1n) is 10.7. The molecule has 1 N–H and O–H groups in total. The van der Waals surface area contributed by atoms with Crippen LogP contribution in [-0.2, 0) is 14.3 Å². The molecule has 172 valence electrons. The molecule has 1 aliphatic heterocycles.